The highest BCUT2D eigenvalue weighted by Gasteiger charge is 2.00. The summed E-state index contributed by atoms with van der Waals surface area (Å²) in [6.07, 6.45) is 3.90. The van der Waals surface area contributed by atoms with Gasteiger partial charge < -0.3 is 20.4 Å². The lowest BCUT2D eigenvalue weighted by Gasteiger charge is -2.03. The second-order valence-corrected chi connectivity index (χ2v) is 7.43. The quantitative estimate of drug-likeness (QED) is 0.189. The second-order valence-electron chi connectivity index (χ2n) is 7.43. The molecule has 32 heavy (non-hydrogen) atoms. The molecule has 5 rings (SSSR count). The predicted molar refractivity (Wildman–Crippen MR) is 130 cm³/mol. The summed E-state index contributed by atoms with van der Waals surface area (Å²) in [6, 6.07) is 28.5. The maximum atomic E-state index is 9.41. The zero-order chi connectivity index (χ0) is 22.5. The lowest BCUT2D eigenvalue weighted by Crippen LogP contribution is -1.76. The van der Waals surface area contributed by atoms with E-state index in [9.17, 15) is 10.2 Å². The summed E-state index contributed by atoms with van der Waals surface area (Å²) in [6.45, 7) is 0. The van der Waals surface area contributed by atoms with E-state index in [0.717, 1.165) is 32.7 Å². The highest BCUT2D eigenvalue weighted by atomic mass is 16.3. The number of aromatic hydroxyl groups is 4. The Labute approximate surface area is 185 Å². The molecule has 4 heteroatoms. The van der Waals surface area contributed by atoms with Gasteiger partial charge in [-0.2, -0.15) is 0 Å². The Kier molecular flexibility index (Phi) is 5.95. The lowest BCUT2D eigenvalue weighted by molar-refractivity contribution is 0.474. The maximum Gasteiger partial charge on any atom is 0.116 e. The van der Waals surface area contributed by atoms with E-state index in [-0.39, 0.29) is 23.0 Å². The van der Waals surface area contributed by atoms with Gasteiger partial charge in [-0.3, -0.25) is 0 Å². The van der Waals surface area contributed by atoms with Crippen molar-refractivity contribution in [1.82, 2.24) is 0 Å². The largest absolute Gasteiger partial charge is 0.508 e. The molecule has 0 radical (unpaired) electrons. The van der Waals surface area contributed by atoms with Gasteiger partial charge in [0.15, 0.2) is 0 Å². The maximum absolute atomic E-state index is 9.41. The summed E-state index contributed by atoms with van der Waals surface area (Å²) in [5, 5.41) is 41.2. The molecule has 0 fully saturated rings. The van der Waals surface area contributed by atoms with Crippen LogP contribution >= 0.6 is 0 Å². The summed E-state index contributed by atoms with van der Waals surface area (Å²) < 4.78 is 0. The van der Waals surface area contributed by atoms with Crippen LogP contribution in [-0.4, -0.2) is 20.4 Å². The molecule has 0 aliphatic rings. The minimum absolute atomic E-state index is 0.266. The topological polar surface area (TPSA) is 80.9 Å². The molecule has 0 atom stereocenters. The van der Waals surface area contributed by atoms with Gasteiger partial charge in [0.2, 0.25) is 0 Å². The minimum atomic E-state index is 0.266. The van der Waals surface area contributed by atoms with Gasteiger partial charge in [0, 0.05) is 0 Å². The third-order valence-electron chi connectivity index (χ3n) is 5.02. The predicted octanol–water partition coefficient (Wildman–Crippen LogP) is 6.67. The van der Waals surface area contributed by atoms with E-state index in [4.69, 9.17) is 10.2 Å². The SMILES string of the molecule is Oc1ccc(/C=C/c2ccc(O)cc2)cc1.Oc1ccc2cc3cc(O)ccc3cc2c1. The van der Waals surface area contributed by atoms with E-state index in [0.29, 0.717) is 0 Å². The Balaban J connectivity index is 0.000000153. The van der Waals surface area contributed by atoms with Crippen molar-refractivity contribution in [2.45, 2.75) is 0 Å². The first-order valence-corrected chi connectivity index (χ1v) is 10.1. The van der Waals surface area contributed by atoms with Crippen LogP contribution in [0, 0.1) is 0 Å². The van der Waals surface area contributed by atoms with Gasteiger partial charge in [0.1, 0.15) is 23.0 Å². The van der Waals surface area contributed by atoms with Crippen molar-refractivity contribution >= 4 is 33.7 Å². The van der Waals surface area contributed by atoms with Gasteiger partial charge in [-0.25, -0.2) is 0 Å². The van der Waals surface area contributed by atoms with Crippen LogP contribution in [0.4, 0.5) is 0 Å². The van der Waals surface area contributed by atoms with Gasteiger partial charge in [-0.1, -0.05) is 48.6 Å². The van der Waals surface area contributed by atoms with Crippen LogP contribution in [0.15, 0.2) is 97.1 Å². The van der Waals surface area contributed by atoms with Crippen LogP contribution in [0.5, 0.6) is 23.0 Å². The summed E-state index contributed by atoms with van der Waals surface area (Å²) in [5.74, 6) is 1.07. The van der Waals surface area contributed by atoms with Crippen molar-refractivity contribution in [3.05, 3.63) is 108 Å². The van der Waals surface area contributed by atoms with Crippen molar-refractivity contribution in [1.29, 1.82) is 0 Å². The number of fused-ring (bicyclic) bond motifs is 2. The molecule has 0 unspecified atom stereocenters. The fraction of sp³-hybridized carbons (Fsp3) is 0. The fourth-order valence-electron chi connectivity index (χ4n) is 3.34. The molecule has 4 N–H and O–H groups in total. The Morgan fingerprint density at radius 3 is 1.06 bits per heavy atom. The van der Waals surface area contributed by atoms with Crippen LogP contribution in [-0.2, 0) is 0 Å². The molecule has 0 heterocycles. The zero-order valence-corrected chi connectivity index (χ0v) is 17.2. The van der Waals surface area contributed by atoms with Crippen LogP contribution in [0.25, 0.3) is 33.7 Å². The Morgan fingerprint density at radius 2 is 0.688 bits per heavy atom. The fourth-order valence-corrected chi connectivity index (χ4v) is 3.34. The highest BCUT2D eigenvalue weighted by molar-refractivity contribution is 5.99. The Hall–Kier alpha value is -4.44. The number of hydrogen-bond donors (Lipinski definition) is 4. The molecular weight excluding hydrogens is 400 g/mol. The lowest BCUT2D eigenvalue weighted by atomic mass is 10.0. The number of benzene rings is 5. The summed E-state index contributed by atoms with van der Waals surface area (Å²) >= 11 is 0. The van der Waals surface area contributed by atoms with E-state index in [1.165, 1.54) is 0 Å². The highest BCUT2D eigenvalue weighted by Crippen LogP contribution is 2.27. The minimum Gasteiger partial charge on any atom is -0.508 e. The first kappa shape index (κ1) is 20.8. The second kappa shape index (κ2) is 9.14. The van der Waals surface area contributed by atoms with Crippen LogP contribution in [0.2, 0.25) is 0 Å². The molecule has 5 aromatic rings. The molecule has 0 saturated heterocycles. The van der Waals surface area contributed by atoms with E-state index in [2.05, 4.69) is 0 Å². The van der Waals surface area contributed by atoms with E-state index < -0.39 is 0 Å². The van der Waals surface area contributed by atoms with Gasteiger partial charge in [-0.05, 0) is 93.3 Å². The molecular formula is C28H22O4. The number of hydrogen-bond acceptors (Lipinski definition) is 4. The summed E-state index contributed by atoms with van der Waals surface area (Å²) in [7, 11) is 0. The molecule has 0 aliphatic carbocycles. The third-order valence-corrected chi connectivity index (χ3v) is 5.02. The van der Waals surface area contributed by atoms with Gasteiger partial charge in [-0.15, -0.1) is 0 Å². The van der Waals surface area contributed by atoms with Gasteiger partial charge in [0.25, 0.3) is 0 Å². The van der Waals surface area contributed by atoms with E-state index in [1.54, 1.807) is 48.5 Å². The molecule has 5 aromatic carbocycles. The first-order valence-electron chi connectivity index (χ1n) is 10.1. The Bertz CT molecular complexity index is 1280. The standard InChI is InChI=1S/C14H10O2.C14H12O2/c15-13-3-1-9-5-12-8-14(16)4-2-10(12)6-11(9)7-13;15-13-7-3-11(4-8-13)1-2-12-5-9-14(16)10-6-12/h1-8,15-16H;1-10,15-16H/b;2-1+. The zero-order valence-electron chi connectivity index (χ0n) is 17.2. The Morgan fingerprint density at radius 1 is 0.344 bits per heavy atom. The number of phenols is 4. The smallest absolute Gasteiger partial charge is 0.116 e. The van der Waals surface area contributed by atoms with Crippen molar-refractivity contribution in [2.24, 2.45) is 0 Å². The van der Waals surface area contributed by atoms with Gasteiger partial charge >= 0.3 is 0 Å². The normalized spacial score (nSPS) is 10.9. The molecule has 158 valence electrons. The van der Waals surface area contributed by atoms with Crippen molar-refractivity contribution in [3.8, 4) is 23.0 Å². The van der Waals surface area contributed by atoms with E-state index in [1.807, 2.05) is 60.7 Å². The molecule has 0 aromatic heterocycles. The average molecular weight is 422 g/mol. The summed E-state index contributed by atoms with van der Waals surface area (Å²) in [5.41, 5.74) is 2.04. The van der Waals surface area contributed by atoms with Crippen molar-refractivity contribution in [2.75, 3.05) is 0 Å². The molecule has 0 bridgehead atoms. The van der Waals surface area contributed by atoms with Crippen LogP contribution < -0.4 is 0 Å². The van der Waals surface area contributed by atoms with Crippen molar-refractivity contribution < 1.29 is 20.4 Å². The van der Waals surface area contributed by atoms with Crippen LogP contribution in [0.1, 0.15) is 11.1 Å². The van der Waals surface area contributed by atoms with Crippen LogP contribution in [0.3, 0.4) is 0 Å². The van der Waals surface area contributed by atoms with Gasteiger partial charge in [0.05, 0.1) is 0 Å². The first-order chi connectivity index (χ1) is 15.5. The number of phenolic OH excluding ortho intramolecular Hbond substituents is 4. The molecule has 4 nitrogen and oxygen atoms in total. The third kappa shape index (κ3) is 5.18. The van der Waals surface area contributed by atoms with E-state index >= 15 is 0 Å². The van der Waals surface area contributed by atoms with Crippen molar-refractivity contribution in [3.63, 3.8) is 0 Å². The molecule has 0 spiro atoms. The molecule has 0 saturated carbocycles. The average Bonchev–Trinajstić information content (AvgIpc) is 2.79. The number of rotatable bonds is 2. The molecule has 0 amide bonds. The monoisotopic (exact) mass is 422 g/mol. The summed E-state index contributed by atoms with van der Waals surface area (Å²) in [4.78, 5) is 0. The molecule has 0 aliphatic heterocycles.